The van der Waals surface area contributed by atoms with Gasteiger partial charge in [-0.15, -0.1) is 0 Å². The van der Waals surface area contributed by atoms with Gasteiger partial charge >= 0.3 is 5.97 Å². The number of para-hydroxylation sites is 1. The summed E-state index contributed by atoms with van der Waals surface area (Å²) in [4.78, 5) is 13.9. The molecule has 4 heteroatoms. The summed E-state index contributed by atoms with van der Waals surface area (Å²) in [5.74, 6) is -0.310. The van der Waals surface area contributed by atoms with Gasteiger partial charge in [0.25, 0.3) is 0 Å². The van der Waals surface area contributed by atoms with Gasteiger partial charge in [-0.2, -0.15) is 5.26 Å². The lowest BCUT2D eigenvalue weighted by Crippen LogP contribution is -2.42. The molecule has 0 aliphatic carbocycles. The quantitative estimate of drug-likeness (QED) is 0.605. The van der Waals surface area contributed by atoms with Crippen LogP contribution < -0.4 is 4.90 Å². The second-order valence-corrected chi connectivity index (χ2v) is 5.30. The fourth-order valence-electron chi connectivity index (χ4n) is 2.46. The van der Waals surface area contributed by atoms with Crippen LogP contribution in [0.1, 0.15) is 19.4 Å². The van der Waals surface area contributed by atoms with Crippen LogP contribution in [0.3, 0.4) is 0 Å². The summed E-state index contributed by atoms with van der Waals surface area (Å²) in [6, 6.07) is 20.7. The average molecular weight is 308 g/mol. The van der Waals surface area contributed by atoms with Crippen LogP contribution in [-0.2, 0) is 16.0 Å². The summed E-state index contributed by atoms with van der Waals surface area (Å²) >= 11 is 0. The minimum Gasteiger partial charge on any atom is -0.442 e. The number of ether oxygens (including phenoxy) is 1. The molecule has 0 aliphatic heterocycles. The van der Waals surface area contributed by atoms with E-state index in [0.29, 0.717) is 0 Å². The SMILES string of the molecule is CC(C#N)N(c1ccccc1)C(C)OC(=O)Cc1ccccc1. The Morgan fingerprint density at radius 1 is 1.09 bits per heavy atom. The minimum absolute atomic E-state index is 0.217. The van der Waals surface area contributed by atoms with Crippen LogP contribution in [0.15, 0.2) is 60.7 Å². The number of hydrogen-bond donors (Lipinski definition) is 0. The van der Waals surface area contributed by atoms with Crippen LogP contribution in [0.5, 0.6) is 0 Å². The lowest BCUT2D eigenvalue weighted by molar-refractivity contribution is -0.147. The first kappa shape index (κ1) is 16.6. The Balaban J connectivity index is 2.07. The predicted molar refractivity (Wildman–Crippen MR) is 89.7 cm³/mol. The zero-order valence-electron chi connectivity index (χ0n) is 13.3. The first-order chi connectivity index (χ1) is 11.1. The highest BCUT2D eigenvalue weighted by Gasteiger charge is 2.23. The van der Waals surface area contributed by atoms with Gasteiger partial charge in [0.1, 0.15) is 6.04 Å². The second-order valence-electron chi connectivity index (χ2n) is 5.30. The fourth-order valence-corrected chi connectivity index (χ4v) is 2.46. The van der Waals surface area contributed by atoms with E-state index in [9.17, 15) is 10.1 Å². The maximum atomic E-state index is 12.1. The number of nitriles is 1. The third kappa shape index (κ3) is 4.58. The molecular weight excluding hydrogens is 288 g/mol. The number of rotatable bonds is 6. The second kappa shape index (κ2) is 8.00. The van der Waals surface area contributed by atoms with Crippen molar-refractivity contribution in [1.29, 1.82) is 5.26 Å². The van der Waals surface area contributed by atoms with Crippen LogP contribution in [0.4, 0.5) is 5.69 Å². The molecule has 0 N–H and O–H groups in total. The number of benzene rings is 2. The van der Waals surface area contributed by atoms with E-state index in [0.717, 1.165) is 11.3 Å². The molecule has 0 saturated heterocycles. The largest absolute Gasteiger partial charge is 0.442 e. The summed E-state index contributed by atoms with van der Waals surface area (Å²) in [7, 11) is 0. The topological polar surface area (TPSA) is 53.3 Å². The summed E-state index contributed by atoms with van der Waals surface area (Å²) in [5, 5.41) is 9.25. The number of carbonyl (C=O) groups excluding carboxylic acids is 1. The van der Waals surface area contributed by atoms with E-state index in [2.05, 4.69) is 6.07 Å². The van der Waals surface area contributed by atoms with Gasteiger partial charge in [-0.1, -0.05) is 48.5 Å². The summed E-state index contributed by atoms with van der Waals surface area (Å²) in [6.45, 7) is 3.57. The molecule has 2 atom stereocenters. The zero-order valence-corrected chi connectivity index (χ0v) is 13.3. The smallest absolute Gasteiger partial charge is 0.312 e. The Morgan fingerprint density at radius 2 is 1.65 bits per heavy atom. The summed E-state index contributed by atoms with van der Waals surface area (Å²) in [5.41, 5.74) is 1.76. The van der Waals surface area contributed by atoms with E-state index >= 15 is 0 Å². The van der Waals surface area contributed by atoms with Crippen LogP contribution in [0, 0.1) is 11.3 Å². The Kier molecular flexibility index (Phi) is 5.76. The van der Waals surface area contributed by atoms with E-state index in [1.165, 1.54) is 0 Å². The molecule has 2 rings (SSSR count). The van der Waals surface area contributed by atoms with Crippen molar-refractivity contribution in [3.63, 3.8) is 0 Å². The lowest BCUT2D eigenvalue weighted by atomic mass is 10.1. The summed E-state index contributed by atoms with van der Waals surface area (Å²) < 4.78 is 5.53. The fraction of sp³-hybridized carbons (Fsp3) is 0.263. The molecule has 0 aromatic heterocycles. The van der Waals surface area contributed by atoms with Crippen molar-refractivity contribution >= 4 is 11.7 Å². The van der Waals surface area contributed by atoms with Gasteiger partial charge in [-0.25, -0.2) is 0 Å². The molecule has 4 nitrogen and oxygen atoms in total. The summed E-state index contributed by atoms with van der Waals surface area (Å²) in [6.07, 6.45) is -0.308. The molecule has 0 amide bonds. The highest BCUT2D eigenvalue weighted by Crippen LogP contribution is 2.20. The molecule has 2 aromatic carbocycles. The minimum atomic E-state index is -0.525. The predicted octanol–water partition coefficient (Wildman–Crippen LogP) is 3.54. The van der Waals surface area contributed by atoms with Crippen molar-refractivity contribution in [2.24, 2.45) is 0 Å². The molecule has 0 aliphatic rings. The molecule has 2 aromatic rings. The van der Waals surface area contributed by atoms with Gasteiger partial charge in [0.2, 0.25) is 0 Å². The third-order valence-electron chi connectivity index (χ3n) is 3.54. The maximum Gasteiger partial charge on any atom is 0.312 e. The van der Waals surface area contributed by atoms with Gasteiger partial charge in [0.05, 0.1) is 12.5 Å². The molecular formula is C19H20N2O2. The van der Waals surface area contributed by atoms with E-state index in [1.54, 1.807) is 18.7 Å². The van der Waals surface area contributed by atoms with Crippen molar-refractivity contribution in [2.75, 3.05) is 4.90 Å². The van der Waals surface area contributed by atoms with Gasteiger partial charge in [-0.05, 0) is 31.5 Å². The lowest BCUT2D eigenvalue weighted by Gasteiger charge is -2.32. The van der Waals surface area contributed by atoms with Crippen LogP contribution in [0.25, 0.3) is 0 Å². The zero-order chi connectivity index (χ0) is 16.7. The van der Waals surface area contributed by atoms with E-state index in [1.807, 2.05) is 60.7 Å². The van der Waals surface area contributed by atoms with Crippen LogP contribution in [0.2, 0.25) is 0 Å². The highest BCUT2D eigenvalue weighted by atomic mass is 16.6. The Labute approximate surface area is 136 Å². The number of anilines is 1. The van der Waals surface area contributed by atoms with Gasteiger partial charge < -0.3 is 9.64 Å². The van der Waals surface area contributed by atoms with E-state index < -0.39 is 12.3 Å². The molecule has 2 unspecified atom stereocenters. The Hall–Kier alpha value is -2.80. The monoisotopic (exact) mass is 308 g/mol. The number of nitrogens with zero attached hydrogens (tertiary/aromatic N) is 2. The van der Waals surface area contributed by atoms with E-state index in [4.69, 9.17) is 4.74 Å². The Morgan fingerprint density at radius 3 is 2.22 bits per heavy atom. The van der Waals surface area contributed by atoms with Crippen molar-refractivity contribution in [1.82, 2.24) is 0 Å². The van der Waals surface area contributed by atoms with Crippen molar-refractivity contribution in [3.05, 3.63) is 66.2 Å². The number of hydrogen-bond acceptors (Lipinski definition) is 4. The van der Waals surface area contributed by atoms with Crippen LogP contribution >= 0.6 is 0 Å². The van der Waals surface area contributed by atoms with Crippen molar-refractivity contribution < 1.29 is 9.53 Å². The standard InChI is InChI=1S/C19H20N2O2/c1-15(14-20)21(18-11-7-4-8-12-18)16(2)23-19(22)13-17-9-5-3-6-10-17/h3-12,15-16H,13H2,1-2H3. The molecule has 0 spiro atoms. The van der Waals surface area contributed by atoms with Crippen molar-refractivity contribution in [2.45, 2.75) is 32.5 Å². The molecule has 0 fully saturated rings. The maximum absolute atomic E-state index is 12.1. The van der Waals surface area contributed by atoms with Crippen LogP contribution in [-0.4, -0.2) is 18.2 Å². The molecule has 0 bridgehead atoms. The first-order valence-electron chi connectivity index (χ1n) is 7.58. The molecule has 0 radical (unpaired) electrons. The normalized spacial score (nSPS) is 12.7. The van der Waals surface area contributed by atoms with Gasteiger partial charge in [-0.3, -0.25) is 4.79 Å². The Bertz CT molecular complexity index is 665. The molecule has 23 heavy (non-hydrogen) atoms. The van der Waals surface area contributed by atoms with Gasteiger partial charge in [0, 0.05) is 5.69 Å². The number of esters is 1. The van der Waals surface area contributed by atoms with Crippen molar-refractivity contribution in [3.8, 4) is 6.07 Å². The van der Waals surface area contributed by atoms with Gasteiger partial charge in [0.15, 0.2) is 6.23 Å². The molecule has 0 saturated carbocycles. The van der Waals surface area contributed by atoms with E-state index in [-0.39, 0.29) is 12.4 Å². The third-order valence-corrected chi connectivity index (χ3v) is 3.54. The highest BCUT2D eigenvalue weighted by molar-refractivity contribution is 5.73. The average Bonchev–Trinajstić information content (AvgIpc) is 2.56. The first-order valence-corrected chi connectivity index (χ1v) is 7.58. The molecule has 118 valence electrons. The molecule has 0 heterocycles. The number of carbonyl (C=O) groups is 1.